The van der Waals surface area contributed by atoms with Gasteiger partial charge in [-0.15, -0.1) is 0 Å². The normalized spacial score (nSPS) is 9.92. The molecule has 0 spiro atoms. The summed E-state index contributed by atoms with van der Waals surface area (Å²) in [7, 11) is 0. The van der Waals surface area contributed by atoms with Gasteiger partial charge in [0.2, 0.25) is 0 Å². The first-order valence-electron chi connectivity index (χ1n) is 4.16. The van der Waals surface area contributed by atoms with Crippen LogP contribution >= 0.6 is 0 Å². The molecule has 62 valence electrons. The number of hydrogen-bond acceptors (Lipinski definition) is 1. The van der Waals surface area contributed by atoms with Crippen molar-refractivity contribution in [3.05, 3.63) is 34.9 Å². The van der Waals surface area contributed by atoms with E-state index < -0.39 is 0 Å². The highest BCUT2D eigenvalue weighted by Gasteiger charge is 2.01. The molecule has 0 atom stereocenters. The molecule has 0 aliphatic carbocycles. The van der Waals surface area contributed by atoms with E-state index in [2.05, 4.69) is 26.0 Å². The summed E-state index contributed by atoms with van der Waals surface area (Å²) < 4.78 is 0. The first-order valence-corrected chi connectivity index (χ1v) is 4.16. The summed E-state index contributed by atoms with van der Waals surface area (Å²) in [4.78, 5) is 0. The van der Waals surface area contributed by atoms with Gasteiger partial charge in [-0.3, -0.25) is 0 Å². The predicted molar refractivity (Wildman–Crippen MR) is 50.0 cm³/mol. The molecule has 1 aromatic carbocycles. The highest BCUT2D eigenvalue weighted by atomic mass is 14.2. The molecule has 0 heterocycles. The quantitative estimate of drug-likeness (QED) is 0.618. The Labute approximate surface area is 73.6 Å². The van der Waals surface area contributed by atoms with Crippen LogP contribution < -0.4 is 0 Å². The van der Waals surface area contributed by atoms with E-state index in [4.69, 9.17) is 5.26 Å². The van der Waals surface area contributed by atoms with Crippen LogP contribution in [0.4, 0.5) is 0 Å². The van der Waals surface area contributed by atoms with Gasteiger partial charge in [-0.05, 0) is 30.0 Å². The number of hydrogen-bond donors (Lipinski definition) is 0. The molecule has 0 radical (unpaired) electrons. The van der Waals surface area contributed by atoms with Gasteiger partial charge in [0, 0.05) is 0 Å². The average Bonchev–Trinajstić information content (AvgIpc) is 2.05. The number of benzene rings is 1. The highest BCUT2D eigenvalue weighted by molar-refractivity contribution is 5.40. The molecule has 0 aliphatic rings. The van der Waals surface area contributed by atoms with Crippen LogP contribution in [0.3, 0.4) is 0 Å². The van der Waals surface area contributed by atoms with Crippen LogP contribution in [0.15, 0.2) is 18.2 Å². The largest absolute Gasteiger partial charge is 0.192 e. The van der Waals surface area contributed by atoms with Gasteiger partial charge in [0.15, 0.2) is 0 Å². The lowest BCUT2D eigenvalue weighted by atomic mass is 9.98. The Morgan fingerprint density at radius 1 is 1.33 bits per heavy atom. The monoisotopic (exact) mass is 159 g/mol. The van der Waals surface area contributed by atoms with Gasteiger partial charge in [0.1, 0.15) is 0 Å². The Hall–Kier alpha value is -1.29. The van der Waals surface area contributed by atoms with E-state index in [9.17, 15) is 0 Å². The van der Waals surface area contributed by atoms with E-state index >= 15 is 0 Å². The van der Waals surface area contributed by atoms with Gasteiger partial charge in [0.05, 0.1) is 11.6 Å². The summed E-state index contributed by atoms with van der Waals surface area (Å²) in [6.07, 6.45) is 0. The Kier molecular flexibility index (Phi) is 2.50. The Morgan fingerprint density at radius 3 is 2.50 bits per heavy atom. The van der Waals surface area contributed by atoms with E-state index in [-0.39, 0.29) is 0 Å². The van der Waals surface area contributed by atoms with Crippen molar-refractivity contribution in [2.45, 2.75) is 26.7 Å². The molecule has 0 N–H and O–H groups in total. The predicted octanol–water partition coefficient (Wildman–Crippen LogP) is 2.99. The molecule has 0 saturated heterocycles. The zero-order valence-electron chi connectivity index (χ0n) is 7.76. The first kappa shape index (κ1) is 8.80. The van der Waals surface area contributed by atoms with Crippen LogP contribution in [0.25, 0.3) is 0 Å². The average molecular weight is 159 g/mol. The SMILES string of the molecule is Cc1ccc(C(C)C)cc1C#N. The summed E-state index contributed by atoms with van der Waals surface area (Å²) in [6.45, 7) is 6.22. The van der Waals surface area contributed by atoms with Crippen molar-refractivity contribution in [3.8, 4) is 6.07 Å². The summed E-state index contributed by atoms with van der Waals surface area (Å²) in [5.41, 5.74) is 3.08. The maximum Gasteiger partial charge on any atom is 0.0994 e. The third kappa shape index (κ3) is 1.65. The molecular weight excluding hydrogens is 146 g/mol. The van der Waals surface area contributed by atoms with Crippen molar-refractivity contribution in [3.63, 3.8) is 0 Å². The number of rotatable bonds is 1. The van der Waals surface area contributed by atoms with E-state index in [0.29, 0.717) is 5.92 Å². The maximum atomic E-state index is 8.77. The van der Waals surface area contributed by atoms with Crippen LogP contribution in [0, 0.1) is 18.3 Å². The van der Waals surface area contributed by atoms with Crippen molar-refractivity contribution >= 4 is 0 Å². The fourth-order valence-corrected chi connectivity index (χ4v) is 1.12. The van der Waals surface area contributed by atoms with Crippen LogP contribution in [-0.4, -0.2) is 0 Å². The third-order valence-corrected chi connectivity index (χ3v) is 2.05. The lowest BCUT2D eigenvalue weighted by molar-refractivity contribution is 0.865. The lowest BCUT2D eigenvalue weighted by Gasteiger charge is -2.06. The van der Waals surface area contributed by atoms with Crippen LogP contribution in [-0.2, 0) is 0 Å². The number of nitriles is 1. The number of aryl methyl sites for hydroxylation is 1. The zero-order chi connectivity index (χ0) is 9.14. The minimum atomic E-state index is 0.498. The van der Waals surface area contributed by atoms with Crippen molar-refractivity contribution in [2.75, 3.05) is 0 Å². The molecule has 1 nitrogen and oxygen atoms in total. The fourth-order valence-electron chi connectivity index (χ4n) is 1.12. The molecule has 1 rings (SSSR count). The second-order valence-corrected chi connectivity index (χ2v) is 3.34. The van der Waals surface area contributed by atoms with Gasteiger partial charge < -0.3 is 0 Å². The molecule has 0 amide bonds. The smallest absolute Gasteiger partial charge is 0.0994 e. The fraction of sp³-hybridized carbons (Fsp3) is 0.364. The molecule has 0 aliphatic heterocycles. The number of nitrogens with zero attached hydrogens (tertiary/aromatic N) is 1. The Morgan fingerprint density at radius 2 is 2.00 bits per heavy atom. The molecule has 1 heteroatoms. The van der Waals surface area contributed by atoms with Crippen LogP contribution in [0.2, 0.25) is 0 Å². The van der Waals surface area contributed by atoms with Crippen molar-refractivity contribution in [1.29, 1.82) is 5.26 Å². The van der Waals surface area contributed by atoms with Crippen molar-refractivity contribution in [1.82, 2.24) is 0 Å². The molecule has 0 fully saturated rings. The maximum absolute atomic E-state index is 8.77. The van der Waals surface area contributed by atoms with Crippen molar-refractivity contribution < 1.29 is 0 Å². The van der Waals surface area contributed by atoms with Crippen molar-refractivity contribution in [2.24, 2.45) is 0 Å². The van der Waals surface area contributed by atoms with Gasteiger partial charge in [-0.25, -0.2) is 0 Å². The van der Waals surface area contributed by atoms with E-state index in [0.717, 1.165) is 11.1 Å². The molecule has 0 bridgehead atoms. The topological polar surface area (TPSA) is 23.8 Å². The summed E-state index contributed by atoms with van der Waals surface area (Å²) in [6, 6.07) is 8.25. The zero-order valence-corrected chi connectivity index (χ0v) is 7.76. The van der Waals surface area contributed by atoms with Gasteiger partial charge >= 0.3 is 0 Å². The van der Waals surface area contributed by atoms with Crippen LogP contribution in [0.1, 0.15) is 36.5 Å². The summed E-state index contributed by atoms with van der Waals surface area (Å²) in [5.74, 6) is 0.498. The lowest BCUT2D eigenvalue weighted by Crippen LogP contribution is -1.90. The van der Waals surface area contributed by atoms with E-state index in [1.807, 2.05) is 19.1 Å². The summed E-state index contributed by atoms with van der Waals surface area (Å²) in [5, 5.41) is 8.77. The standard InChI is InChI=1S/C11H13N/c1-8(2)10-5-4-9(3)11(6-10)7-12/h4-6,8H,1-3H3. The molecular formula is C11H13N. The molecule has 12 heavy (non-hydrogen) atoms. The van der Waals surface area contributed by atoms with Gasteiger partial charge in [-0.2, -0.15) is 5.26 Å². The second-order valence-electron chi connectivity index (χ2n) is 3.34. The molecule has 1 aromatic rings. The van der Waals surface area contributed by atoms with E-state index in [1.165, 1.54) is 5.56 Å². The van der Waals surface area contributed by atoms with Gasteiger partial charge in [0.25, 0.3) is 0 Å². The minimum Gasteiger partial charge on any atom is -0.192 e. The van der Waals surface area contributed by atoms with E-state index in [1.54, 1.807) is 0 Å². The van der Waals surface area contributed by atoms with Gasteiger partial charge in [-0.1, -0.05) is 26.0 Å². The molecule has 0 unspecified atom stereocenters. The first-order chi connectivity index (χ1) is 5.65. The Balaban J connectivity index is 3.16. The Bertz CT molecular complexity index is 318. The van der Waals surface area contributed by atoms with Crippen LogP contribution in [0.5, 0.6) is 0 Å². The molecule has 0 saturated carbocycles. The second kappa shape index (κ2) is 3.40. The summed E-state index contributed by atoms with van der Waals surface area (Å²) >= 11 is 0. The highest BCUT2D eigenvalue weighted by Crippen LogP contribution is 2.17. The third-order valence-electron chi connectivity index (χ3n) is 2.05. The molecule has 0 aromatic heterocycles. The minimum absolute atomic E-state index is 0.498.